The van der Waals surface area contributed by atoms with Crippen molar-refractivity contribution < 1.29 is 9.32 Å². The van der Waals surface area contributed by atoms with E-state index in [1.807, 2.05) is 0 Å². The first-order valence-electron chi connectivity index (χ1n) is 6.43. The number of carbonyl (C=O) groups excluding carboxylic acids is 1. The van der Waals surface area contributed by atoms with Crippen LogP contribution in [0.25, 0.3) is 0 Å². The third-order valence-corrected chi connectivity index (χ3v) is 3.71. The number of aromatic nitrogens is 2. The Morgan fingerprint density at radius 3 is 2.59 bits per heavy atom. The molecular weight excluding hydrogens is 218 g/mol. The van der Waals surface area contributed by atoms with Crippen LogP contribution < -0.4 is 4.90 Å². The number of hydrogen-bond acceptors (Lipinski definition) is 5. The summed E-state index contributed by atoms with van der Waals surface area (Å²) in [6.07, 6.45) is 5.46. The zero-order chi connectivity index (χ0) is 11.7. The van der Waals surface area contributed by atoms with Crippen molar-refractivity contribution >= 4 is 11.7 Å². The van der Waals surface area contributed by atoms with Crippen LogP contribution in [0.15, 0.2) is 4.52 Å². The van der Waals surface area contributed by atoms with Gasteiger partial charge in [0.2, 0.25) is 5.89 Å². The zero-order valence-corrected chi connectivity index (χ0v) is 9.89. The number of hydrogen-bond donors (Lipinski definition) is 0. The van der Waals surface area contributed by atoms with Gasteiger partial charge in [0, 0.05) is 31.8 Å². The predicted octanol–water partition coefficient (Wildman–Crippen LogP) is 1.90. The van der Waals surface area contributed by atoms with Crippen molar-refractivity contribution in [3.63, 3.8) is 0 Å². The minimum absolute atomic E-state index is 0.288. The molecule has 1 saturated heterocycles. The summed E-state index contributed by atoms with van der Waals surface area (Å²) in [4.78, 5) is 17.8. The number of rotatable bonds is 2. The number of carbonyl (C=O) groups is 1. The molecule has 17 heavy (non-hydrogen) atoms. The van der Waals surface area contributed by atoms with Gasteiger partial charge in [-0.05, 0) is 30.8 Å². The predicted molar refractivity (Wildman–Crippen MR) is 62.0 cm³/mol. The summed E-state index contributed by atoms with van der Waals surface area (Å²) in [5.41, 5.74) is 0. The molecule has 0 N–H and O–H groups in total. The Morgan fingerprint density at radius 2 is 1.88 bits per heavy atom. The molecule has 1 aromatic heterocycles. The fourth-order valence-corrected chi connectivity index (χ4v) is 2.63. The molecule has 92 valence electrons. The lowest BCUT2D eigenvalue weighted by Gasteiger charge is -2.16. The van der Waals surface area contributed by atoms with Gasteiger partial charge in [-0.15, -0.1) is 0 Å². The van der Waals surface area contributed by atoms with Crippen LogP contribution in [0, 0.1) is 0 Å². The highest BCUT2D eigenvalue weighted by Crippen LogP contribution is 2.31. The monoisotopic (exact) mass is 235 g/mol. The SMILES string of the molecule is O=C1CCC(c2nc(N3CCCC3)no2)CC1. The van der Waals surface area contributed by atoms with Crippen LogP contribution in [0.1, 0.15) is 50.3 Å². The van der Waals surface area contributed by atoms with Gasteiger partial charge >= 0.3 is 0 Å². The van der Waals surface area contributed by atoms with E-state index in [9.17, 15) is 4.79 Å². The minimum atomic E-state index is 0.288. The standard InChI is InChI=1S/C12H17N3O2/c16-10-5-3-9(4-6-10)11-13-12(14-17-11)15-7-1-2-8-15/h9H,1-8H2. The maximum atomic E-state index is 11.2. The van der Waals surface area contributed by atoms with E-state index in [1.165, 1.54) is 12.8 Å². The molecule has 0 radical (unpaired) electrons. The number of ketones is 1. The van der Waals surface area contributed by atoms with Gasteiger partial charge in [-0.1, -0.05) is 0 Å². The van der Waals surface area contributed by atoms with Crippen molar-refractivity contribution in [2.45, 2.75) is 44.4 Å². The molecule has 1 aromatic rings. The first-order chi connectivity index (χ1) is 8.33. The van der Waals surface area contributed by atoms with Crippen molar-refractivity contribution in [2.24, 2.45) is 0 Å². The van der Waals surface area contributed by atoms with Gasteiger partial charge in [0.25, 0.3) is 5.95 Å². The van der Waals surface area contributed by atoms with Crippen LogP contribution in [-0.4, -0.2) is 29.0 Å². The van der Waals surface area contributed by atoms with E-state index in [2.05, 4.69) is 15.0 Å². The van der Waals surface area contributed by atoms with E-state index in [4.69, 9.17) is 4.52 Å². The van der Waals surface area contributed by atoms with Gasteiger partial charge in [-0.2, -0.15) is 4.98 Å². The molecule has 3 rings (SSSR count). The molecule has 0 amide bonds. The second-order valence-electron chi connectivity index (χ2n) is 4.94. The van der Waals surface area contributed by atoms with E-state index >= 15 is 0 Å². The van der Waals surface area contributed by atoms with Gasteiger partial charge in [-0.25, -0.2) is 0 Å². The first-order valence-corrected chi connectivity index (χ1v) is 6.43. The lowest BCUT2D eigenvalue weighted by molar-refractivity contribution is -0.120. The fourth-order valence-electron chi connectivity index (χ4n) is 2.63. The van der Waals surface area contributed by atoms with E-state index < -0.39 is 0 Å². The quantitative estimate of drug-likeness (QED) is 0.783. The topological polar surface area (TPSA) is 59.2 Å². The molecule has 2 aliphatic rings. The smallest absolute Gasteiger partial charge is 0.266 e. The van der Waals surface area contributed by atoms with Gasteiger partial charge in [0.15, 0.2) is 0 Å². The number of anilines is 1. The molecule has 1 aliphatic carbocycles. The molecule has 0 atom stereocenters. The van der Waals surface area contributed by atoms with Crippen LogP contribution in [0.5, 0.6) is 0 Å². The summed E-state index contributed by atoms with van der Waals surface area (Å²) in [7, 11) is 0. The second kappa shape index (κ2) is 4.47. The molecule has 5 nitrogen and oxygen atoms in total. The highest BCUT2D eigenvalue weighted by atomic mass is 16.5. The Morgan fingerprint density at radius 1 is 1.18 bits per heavy atom. The lowest BCUT2D eigenvalue weighted by Crippen LogP contribution is -2.19. The summed E-state index contributed by atoms with van der Waals surface area (Å²) < 4.78 is 5.34. The van der Waals surface area contributed by atoms with Crippen molar-refractivity contribution in [1.82, 2.24) is 10.1 Å². The van der Waals surface area contributed by atoms with Crippen LogP contribution in [-0.2, 0) is 4.79 Å². The molecule has 0 spiro atoms. The van der Waals surface area contributed by atoms with Gasteiger partial charge < -0.3 is 9.42 Å². The Kier molecular flexibility index (Phi) is 2.82. The van der Waals surface area contributed by atoms with Crippen molar-refractivity contribution in [3.8, 4) is 0 Å². The van der Waals surface area contributed by atoms with E-state index in [0.717, 1.165) is 37.8 Å². The average Bonchev–Trinajstić information content (AvgIpc) is 3.00. The molecule has 0 aromatic carbocycles. The normalized spacial score (nSPS) is 22.4. The molecule has 5 heteroatoms. The fraction of sp³-hybridized carbons (Fsp3) is 0.750. The Bertz CT molecular complexity index is 400. The lowest BCUT2D eigenvalue weighted by atomic mass is 9.88. The van der Waals surface area contributed by atoms with E-state index in [-0.39, 0.29) is 5.92 Å². The summed E-state index contributed by atoms with van der Waals surface area (Å²) in [6.45, 7) is 2.06. The van der Waals surface area contributed by atoms with Crippen LogP contribution in [0.3, 0.4) is 0 Å². The van der Waals surface area contributed by atoms with Crippen LogP contribution in [0.2, 0.25) is 0 Å². The van der Waals surface area contributed by atoms with Crippen LogP contribution in [0.4, 0.5) is 5.95 Å². The van der Waals surface area contributed by atoms with E-state index in [1.54, 1.807) is 0 Å². The van der Waals surface area contributed by atoms with Crippen molar-refractivity contribution in [3.05, 3.63) is 5.89 Å². The summed E-state index contributed by atoms with van der Waals surface area (Å²) in [5, 5.41) is 4.05. The zero-order valence-electron chi connectivity index (χ0n) is 9.89. The molecule has 0 bridgehead atoms. The number of Topliss-reactive ketones (excluding diaryl/α,β-unsaturated/α-hetero) is 1. The summed E-state index contributed by atoms with van der Waals surface area (Å²) in [6, 6.07) is 0. The van der Waals surface area contributed by atoms with Crippen LogP contribution >= 0.6 is 0 Å². The third-order valence-electron chi connectivity index (χ3n) is 3.71. The first kappa shape index (κ1) is 10.7. The van der Waals surface area contributed by atoms with Gasteiger partial charge in [0.05, 0.1) is 0 Å². The Hall–Kier alpha value is -1.39. The molecule has 2 heterocycles. The molecule has 1 saturated carbocycles. The Balaban J connectivity index is 1.69. The third kappa shape index (κ3) is 2.18. The molecule has 0 unspecified atom stereocenters. The van der Waals surface area contributed by atoms with Gasteiger partial charge in [0.1, 0.15) is 5.78 Å². The van der Waals surface area contributed by atoms with E-state index in [0.29, 0.717) is 18.6 Å². The summed E-state index contributed by atoms with van der Waals surface area (Å²) in [5.74, 6) is 2.10. The number of nitrogens with zero attached hydrogens (tertiary/aromatic N) is 3. The largest absolute Gasteiger partial charge is 0.338 e. The highest BCUT2D eigenvalue weighted by molar-refractivity contribution is 5.79. The Labute approximate surface area is 100 Å². The molecule has 1 aliphatic heterocycles. The maximum Gasteiger partial charge on any atom is 0.266 e. The van der Waals surface area contributed by atoms with Gasteiger partial charge in [-0.3, -0.25) is 4.79 Å². The maximum absolute atomic E-state index is 11.2. The second-order valence-corrected chi connectivity index (χ2v) is 4.94. The minimum Gasteiger partial charge on any atom is -0.338 e. The van der Waals surface area contributed by atoms with Crippen molar-refractivity contribution in [1.29, 1.82) is 0 Å². The molecule has 2 fully saturated rings. The summed E-state index contributed by atoms with van der Waals surface area (Å²) >= 11 is 0. The highest BCUT2D eigenvalue weighted by Gasteiger charge is 2.26. The molecular formula is C12H17N3O2. The van der Waals surface area contributed by atoms with Crippen molar-refractivity contribution in [2.75, 3.05) is 18.0 Å². The average molecular weight is 235 g/mol.